The summed E-state index contributed by atoms with van der Waals surface area (Å²) in [6.45, 7) is 2.81. The maximum atomic E-state index is 12.9. The minimum absolute atomic E-state index is 0.0395. The van der Waals surface area contributed by atoms with Gasteiger partial charge in [0.25, 0.3) is 0 Å². The van der Waals surface area contributed by atoms with Crippen LogP contribution in [-0.2, 0) is 14.3 Å². The number of ether oxygens (including phenoxy) is 1. The van der Waals surface area contributed by atoms with Crippen molar-refractivity contribution in [2.24, 2.45) is 11.8 Å². The lowest BCUT2D eigenvalue weighted by Gasteiger charge is -2.38. The first-order valence-electron chi connectivity index (χ1n) is 8.62. The summed E-state index contributed by atoms with van der Waals surface area (Å²) in [5.74, 6) is -2.13. The largest absolute Gasteiger partial charge is 0.481 e. The van der Waals surface area contributed by atoms with Crippen molar-refractivity contribution in [3.05, 3.63) is 30.3 Å². The summed E-state index contributed by atoms with van der Waals surface area (Å²) in [4.78, 5) is 28.6. The van der Waals surface area contributed by atoms with E-state index < -0.39 is 17.8 Å². The predicted molar refractivity (Wildman–Crippen MR) is 87.7 cm³/mol. The fourth-order valence-corrected chi connectivity index (χ4v) is 4.34. The van der Waals surface area contributed by atoms with Gasteiger partial charge >= 0.3 is 5.97 Å². The maximum Gasteiger partial charge on any atom is 0.310 e. The first-order valence-corrected chi connectivity index (χ1v) is 8.62. The van der Waals surface area contributed by atoms with Crippen molar-refractivity contribution in [3.63, 3.8) is 0 Å². The van der Waals surface area contributed by atoms with Gasteiger partial charge in [0.15, 0.2) is 0 Å². The molecule has 4 atom stereocenters. The lowest BCUT2D eigenvalue weighted by molar-refractivity contribution is -0.151. The minimum Gasteiger partial charge on any atom is -0.481 e. The number of anilines is 1. The molecule has 0 unspecified atom stereocenters. The molecule has 128 valence electrons. The monoisotopic (exact) mass is 330 g/mol. The zero-order valence-corrected chi connectivity index (χ0v) is 13.5. The van der Waals surface area contributed by atoms with Crippen LogP contribution in [0.3, 0.4) is 0 Å². The molecular formula is C18H22N2O4. The van der Waals surface area contributed by atoms with Crippen molar-refractivity contribution in [1.82, 2.24) is 4.90 Å². The fourth-order valence-electron chi connectivity index (χ4n) is 4.34. The summed E-state index contributed by atoms with van der Waals surface area (Å²) < 4.78 is 5.72. The molecule has 3 aliphatic heterocycles. The van der Waals surface area contributed by atoms with Gasteiger partial charge < -0.3 is 19.6 Å². The Balaban J connectivity index is 1.42. The van der Waals surface area contributed by atoms with Gasteiger partial charge in [-0.2, -0.15) is 0 Å². The zero-order chi connectivity index (χ0) is 16.7. The number of hydrogen-bond donors (Lipinski definition) is 1. The average Bonchev–Trinajstić information content (AvgIpc) is 3.23. The number of benzene rings is 1. The second-order valence-electron chi connectivity index (χ2n) is 6.83. The van der Waals surface area contributed by atoms with Crippen LogP contribution in [0, 0.1) is 11.8 Å². The number of amides is 1. The Bertz CT molecular complexity index is 627. The van der Waals surface area contributed by atoms with Crippen LogP contribution in [0.5, 0.6) is 0 Å². The third kappa shape index (κ3) is 2.55. The smallest absolute Gasteiger partial charge is 0.310 e. The Morgan fingerprint density at radius 3 is 2.21 bits per heavy atom. The highest BCUT2D eigenvalue weighted by molar-refractivity contribution is 5.86. The van der Waals surface area contributed by atoms with E-state index in [1.54, 1.807) is 0 Å². The molecule has 0 saturated carbocycles. The van der Waals surface area contributed by atoms with E-state index in [1.807, 2.05) is 23.1 Å². The molecule has 3 fully saturated rings. The van der Waals surface area contributed by atoms with Crippen LogP contribution in [0.15, 0.2) is 30.3 Å². The van der Waals surface area contributed by atoms with Gasteiger partial charge in [-0.3, -0.25) is 9.59 Å². The highest BCUT2D eigenvalue weighted by Gasteiger charge is 2.56. The second kappa shape index (κ2) is 6.09. The highest BCUT2D eigenvalue weighted by atomic mass is 16.5. The van der Waals surface area contributed by atoms with Gasteiger partial charge in [0, 0.05) is 31.9 Å². The molecule has 0 radical (unpaired) electrons. The Morgan fingerprint density at radius 2 is 1.58 bits per heavy atom. The number of carbonyl (C=O) groups excluding carboxylic acids is 1. The molecule has 0 spiro atoms. The molecule has 3 heterocycles. The molecule has 24 heavy (non-hydrogen) atoms. The topological polar surface area (TPSA) is 70.1 Å². The van der Waals surface area contributed by atoms with E-state index in [9.17, 15) is 14.7 Å². The number of nitrogens with zero attached hydrogens (tertiary/aromatic N) is 2. The number of para-hydroxylation sites is 1. The third-order valence-electron chi connectivity index (χ3n) is 5.56. The molecule has 1 N–H and O–H groups in total. The van der Waals surface area contributed by atoms with Gasteiger partial charge in [-0.15, -0.1) is 0 Å². The van der Waals surface area contributed by atoms with Gasteiger partial charge in [-0.05, 0) is 25.0 Å². The zero-order valence-electron chi connectivity index (χ0n) is 13.5. The number of carbonyl (C=O) groups is 2. The van der Waals surface area contributed by atoms with Crippen LogP contribution in [-0.4, -0.2) is 60.3 Å². The molecule has 3 aliphatic rings. The molecule has 6 heteroatoms. The normalized spacial score (nSPS) is 32.2. The van der Waals surface area contributed by atoms with Gasteiger partial charge in [0.05, 0.1) is 24.0 Å². The number of rotatable bonds is 3. The van der Waals surface area contributed by atoms with Crippen LogP contribution in [0.1, 0.15) is 12.8 Å². The van der Waals surface area contributed by atoms with Crippen LogP contribution >= 0.6 is 0 Å². The summed E-state index contributed by atoms with van der Waals surface area (Å²) in [6.07, 6.45) is 1.06. The summed E-state index contributed by atoms with van der Waals surface area (Å²) in [5.41, 5.74) is 1.16. The van der Waals surface area contributed by atoms with E-state index in [0.717, 1.165) is 31.6 Å². The molecule has 3 saturated heterocycles. The lowest BCUT2D eigenvalue weighted by Crippen LogP contribution is -2.53. The van der Waals surface area contributed by atoms with E-state index in [4.69, 9.17) is 4.74 Å². The van der Waals surface area contributed by atoms with Crippen molar-refractivity contribution in [2.45, 2.75) is 25.0 Å². The second-order valence-corrected chi connectivity index (χ2v) is 6.83. The molecular weight excluding hydrogens is 308 g/mol. The maximum absolute atomic E-state index is 12.9. The van der Waals surface area contributed by atoms with Crippen LogP contribution in [0.4, 0.5) is 5.69 Å². The van der Waals surface area contributed by atoms with Crippen molar-refractivity contribution in [3.8, 4) is 0 Å². The number of carboxylic acid groups (broad SMARTS) is 1. The van der Waals surface area contributed by atoms with E-state index in [1.165, 1.54) is 0 Å². The molecule has 1 amide bonds. The van der Waals surface area contributed by atoms with Crippen molar-refractivity contribution in [2.75, 3.05) is 31.1 Å². The molecule has 1 aromatic carbocycles. The Morgan fingerprint density at radius 1 is 0.958 bits per heavy atom. The molecule has 0 aromatic heterocycles. The Labute approximate surface area is 141 Å². The van der Waals surface area contributed by atoms with Crippen LogP contribution < -0.4 is 4.90 Å². The first kappa shape index (κ1) is 15.4. The summed E-state index contributed by atoms with van der Waals surface area (Å²) in [7, 11) is 0. The number of aliphatic carboxylic acids is 1. The summed E-state index contributed by atoms with van der Waals surface area (Å²) in [6, 6.07) is 10.2. The number of hydrogen-bond acceptors (Lipinski definition) is 4. The molecule has 0 aliphatic carbocycles. The summed E-state index contributed by atoms with van der Waals surface area (Å²) >= 11 is 0. The summed E-state index contributed by atoms with van der Waals surface area (Å²) in [5, 5.41) is 9.48. The van der Waals surface area contributed by atoms with Gasteiger partial charge in [0.1, 0.15) is 0 Å². The quantitative estimate of drug-likeness (QED) is 0.902. The number of carboxylic acids is 1. The van der Waals surface area contributed by atoms with E-state index >= 15 is 0 Å². The standard InChI is InChI=1S/C18H22N2O4/c21-17(15-13-6-7-14(24-13)16(15)18(22)23)20-10-8-19(9-11-20)12-4-2-1-3-5-12/h1-5,13-16H,6-11H2,(H,22,23)/t13-,14+,15+,16+/m1/s1. The van der Waals surface area contributed by atoms with Crippen molar-refractivity contribution in [1.29, 1.82) is 0 Å². The van der Waals surface area contributed by atoms with Crippen LogP contribution in [0.2, 0.25) is 0 Å². The lowest BCUT2D eigenvalue weighted by atomic mass is 9.78. The third-order valence-corrected chi connectivity index (χ3v) is 5.56. The molecule has 1 aromatic rings. The van der Waals surface area contributed by atoms with Gasteiger partial charge in [0.2, 0.25) is 5.91 Å². The molecule has 6 nitrogen and oxygen atoms in total. The van der Waals surface area contributed by atoms with Gasteiger partial charge in [-0.1, -0.05) is 18.2 Å². The van der Waals surface area contributed by atoms with Gasteiger partial charge in [-0.25, -0.2) is 0 Å². The number of piperazine rings is 1. The molecule has 4 rings (SSSR count). The van der Waals surface area contributed by atoms with E-state index in [2.05, 4.69) is 17.0 Å². The molecule has 2 bridgehead atoms. The van der Waals surface area contributed by atoms with Crippen molar-refractivity contribution < 1.29 is 19.4 Å². The van der Waals surface area contributed by atoms with Crippen molar-refractivity contribution >= 4 is 17.6 Å². The number of fused-ring (bicyclic) bond motifs is 2. The predicted octanol–water partition coefficient (Wildman–Crippen LogP) is 1.21. The highest BCUT2D eigenvalue weighted by Crippen LogP contribution is 2.44. The SMILES string of the molecule is O=C(O)[C@@H]1[C@@H](C(=O)N2CCN(c3ccccc3)CC2)[C@H]2CC[C@@H]1O2. The fraction of sp³-hybridized carbons (Fsp3) is 0.556. The Kier molecular flexibility index (Phi) is 3.92. The van der Waals surface area contributed by atoms with E-state index in [0.29, 0.717) is 13.1 Å². The Hall–Kier alpha value is -2.08. The van der Waals surface area contributed by atoms with E-state index in [-0.39, 0.29) is 18.1 Å². The minimum atomic E-state index is -0.900. The first-order chi connectivity index (χ1) is 11.6. The average molecular weight is 330 g/mol. The van der Waals surface area contributed by atoms with Crippen LogP contribution in [0.25, 0.3) is 0 Å².